The number of rotatable bonds is 10. The summed E-state index contributed by atoms with van der Waals surface area (Å²) in [5.41, 5.74) is 1.15. The van der Waals surface area contributed by atoms with Crippen LogP contribution in [0.3, 0.4) is 0 Å². The van der Waals surface area contributed by atoms with Crippen LogP contribution < -0.4 is 9.64 Å². The number of halogens is 2. The number of ether oxygens (including phenoxy) is 3. The normalized spacial score (nSPS) is 17.5. The van der Waals surface area contributed by atoms with Gasteiger partial charge in [0.15, 0.2) is 12.6 Å². The third-order valence-corrected chi connectivity index (χ3v) is 6.26. The first-order valence-electron chi connectivity index (χ1n) is 11.1. The van der Waals surface area contributed by atoms with Crippen molar-refractivity contribution >= 4 is 46.4 Å². The van der Waals surface area contributed by atoms with Crippen molar-refractivity contribution in [3.05, 3.63) is 94.0 Å². The van der Waals surface area contributed by atoms with Crippen molar-refractivity contribution in [1.82, 2.24) is 0 Å². The van der Waals surface area contributed by atoms with Gasteiger partial charge in [0.25, 0.3) is 5.91 Å². The predicted molar refractivity (Wildman–Crippen MR) is 136 cm³/mol. The van der Waals surface area contributed by atoms with Gasteiger partial charge in [-0.3, -0.25) is 19.3 Å². The molecule has 7 nitrogen and oxygen atoms in total. The number of anilines is 1. The van der Waals surface area contributed by atoms with Crippen LogP contribution in [-0.4, -0.2) is 44.6 Å². The van der Waals surface area contributed by atoms with Crippen molar-refractivity contribution in [2.24, 2.45) is 5.92 Å². The molecule has 0 N–H and O–H groups in total. The Morgan fingerprint density at radius 2 is 1.61 bits per heavy atom. The zero-order chi connectivity index (χ0) is 25.7. The molecule has 0 radical (unpaired) electrons. The van der Waals surface area contributed by atoms with Crippen molar-refractivity contribution in [2.45, 2.75) is 6.04 Å². The number of amides is 1. The first kappa shape index (κ1) is 25.9. The molecule has 3 aromatic rings. The molecule has 1 amide bonds. The van der Waals surface area contributed by atoms with Gasteiger partial charge in [0, 0.05) is 22.7 Å². The highest BCUT2D eigenvalue weighted by Gasteiger charge is 2.53. The Kier molecular flexibility index (Phi) is 8.38. The average molecular weight is 528 g/mol. The van der Waals surface area contributed by atoms with Crippen LogP contribution in [0.25, 0.3) is 0 Å². The molecule has 1 saturated heterocycles. The number of carbonyl (C=O) groups is 3. The van der Waals surface area contributed by atoms with Gasteiger partial charge in [-0.1, -0.05) is 65.7 Å². The zero-order valence-electron chi connectivity index (χ0n) is 19.4. The van der Waals surface area contributed by atoms with Crippen molar-refractivity contribution in [3.63, 3.8) is 0 Å². The molecule has 36 heavy (non-hydrogen) atoms. The van der Waals surface area contributed by atoms with Crippen LogP contribution in [0.1, 0.15) is 22.0 Å². The summed E-state index contributed by atoms with van der Waals surface area (Å²) in [6.07, 6.45) is 0. The lowest BCUT2D eigenvalue weighted by molar-refractivity contribution is -0.135. The van der Waals surface area contributed by atoms with E-state index in [-0.39, 0.29) is 18.2 Å². The molecule has 0 saturated carbocycles. The van der Waals surface area contributed by atoms with Crippen molar-refractivity contribution in [1.29, 1.82) is 0 Å². The number of carbonyl (C=O) groups excluding carboxylic acids is 3. The summed E-state index contributed by atoms with van der Waals surface area (Å²) in [6, 6.07) is 18.9. The van der Waals surface area contributed by atoms with Gasteiger partial charge < -0.3 is 14.2 Å². The SMILES string of the molecule is COCCOCOc1ccc(Cl)cc1N1C(=O)C(=O)C(C(=O)c2ccccc2)C1c1ccc(Cl)cc1. The van der Waals surface area contributed by atoms with Gasteiger partial charge >= 0.3 is 0 Å². The van der Waals surface area contributed by atoms with Gasteiger partial charge in [0.1, 0.15) is 11.7 Å². The number of Topliss-reactive ketones (excluding diaryl/α,β-unsaturated/α-hetero) is 2. The summed E-state index contributed by atoms with van der Waals surface area (Å²) in [5.74, 6) is -3.11. The number of hydrogen-bond acceptors (Lipinski definition) is 6. The summed E-state index contributed by atoms with van der Waals surface area (Å²) in [5, 5.41) is 0.803. The molecule has 1 heterocycles. The van der Waals surface area contributed by atoms with Crippen molar-refractivity contribution in [3.8, 4) is 5.75 Å². The van der Waals surface area contributed by atoms with Crippen LogP contribution in [0.15, 0.2) is 72.8 Å². The van der Waals surface area contributed by atoms with Gasteiger partial charge in [-0.2, -0.15) is 0 Å². The smallest absolute Gasteiger partial charge is 0.295 e. The molecule has 1 aliphatic heterocycles. The Labute approximate surface area is 218 Å². The second-order valence-corrected chi connectivity index (χ2v) is 8.89. The standard InChI is InChI=1S/C27H23Cl2NO6/c1-34-13-14-35-16-36-22-12-11-20(29)15-21(22)30-24(17-7-9-19(28)10-8-17)23(26(32)27(30)33)25(31)18-5-3-2-4-6-18/h2-12,15,23-24H,13-14,16H2,1H3. The topological polar surface area (TPSA) is 82.1 Å². The molecule has 9 heteroatoms. The minimum atomic E-state index is -1.27. The summed E-state index contributed by atoms with van der Waals surface area (Å²) < 4.78 is 16.1. The average Bonchev–Trinajstić information content (AvgIpc) is 3.15. The predicted octanol–water partition coefficient (Wildman–Crippen LogP) is 5.15. The van der Waals surface area contributed by atoms with E-state index in [1.54, 1.807) is 73.8 Å². The monoisotopic (exact) mass is 527 g/mol. The van der Waals surface area contributed by atoms with E-state index in [0.717, 1.165) is 0 Å². The quantitative estimate of drug-likeness (QED) is 0.119. The molecular weight excluding hydrogens is 505 g/mol. The number of hydrogen-bond donors (Lipinski definition) is 0. The number of nitrogens with zero attached hydrogens (tertiary/aromatic N) is 1. The highest BCUT2D eigenvalue weighted by atomic mass is 35.5. The second-order valence-electron chi connectivity index (χ2n) is 8.02. The maximum atomic E-state index is 13.5. The van der Waals surface area contributed by atoms with Crippen LogP contribution in [-0.2, 0) is 19.1 Å². The summed E-state index contributed by atoms with van der Waals surface area (Å²) in [4.78, 5) is 41.6. The molecule has 2 unspecified atom stereocenters. The van der Waals surface area contributed by atoms with E-state index in [2.05, 4.69) is 0 Å². The molecule has 0 bridgehead atoms. The lowest BCUT2D eigenvalue weighted by Crippen LogP contribution is -2.31. The van der Waals surface area contributed by atoms with Crippen LogP contribution in [0.4, 0.5) is 5.69 Å². The minimum absolute atomic E-state index is 0.119. The minimum Gasteiger partial charge on any atom is -0.465 e. The lowest BCUT2D eigenvalue weighted by atomic mass is 9.86. The van der Waals surface area contributed by atoms with Crippen molar-refractivity contribution < 1.29 is 28.6 Å². The highest BCUT2D eigenvalue weighted by molar-refractivity contribution is 6.49. The third kappa shape index (κ3) is 5.44. The molecule has 2 atom stereocenters. The number of methoxy groups -OCH3 is 1. The molecule has 186 valence electrons. The van der Waals surface area contributed by atoms with Gasteiger partial charge in [0.2, 0.25) is 5.78 Å². The maximum absolute atomic E-state index is 13.5. The van der Waals surface area contributed by atoms with Crippen LogP contribution in [0.2, 0.25) is 10.0 Å². The van der Waals surface area contributed by atoms with E-state index in [1.807, 2.05) is 0 Å². The van der Waals surface area contributed by atoms with Gasteiger partial charge in [-0.25, -0.2) is 0 Å². The number of benzene rings is 3. The molecule has 4 rings (SSSR count). The Bertz CT molecular complexity index is 1250. The van der Waals surface area contributed by atoms with E-state index < -0.39 is 29.4 Å². The molecular formula is C27H23Cl2NO6. The summed E-state index contributed by atoms with van der Waals surface area (Å²) >= 11 is 12.4. The van der Waals surface area contributed by atoms with Gasteiger partial charge in [0.05, 0.1) is 24.9 Å². The molecule has 3 aromatic carbocycles. The fourth-order valence-corrected chi connectivity index (χ4v) is 4.38. The van der Waals surface area contributed by atoms with E-state index >= 15 is 0 Å². The molecule has 0 spiro atoms. The molecule has 1 fully saturated rings. The molecule has 0 aliphatic carbocycles. The molecule has 0 aromatic heterocycles. The van der Waals surface area contributed by atoms with E-state index in [0.29, 0.717) is 34.4 Å². The zero-order valence-corrected chi connectivity index (χ0v) is 20.9. The number of ketones is 2. The molecule has 1 aliphatic rings. The van der Waals surface area contributed by atoms with E-state index in [9.17, 15) is 14.4 Å². The van der Waals surface area contributed by atoms with E-state index in [1.165, 1.54) is 11.0 Å². The van der Waals surface area contributed by atoms with Crippen LogP contribution in [0.5, 0.6) is 5.75 Å². The largest absolute Gasteiger partial charge is 0.465 e. The summed E-state index contributed by atoms with van der Waals surface area (Å²) in [6.45, 7) is 0.575. The van der Waals surface area contributed by atoms with Gasteiger partial charge in [-0.15, -0.1) is 0 Å². The van der Waals surface area contributed by atoms with Crippen LogP contribution >= 0.6 is 23.2 Å². The Hall–Kier alpha value is -3.23. The second kappa shape index (κ2) is 11.7. The third-order valence-electron chi connectivity index (χ3n) is 5.77. The Balaban J connectivity index is 1.78. The van der Waals surface area contributed by atoms with Crippen LogP contribution in [0, 0.1) is 5.92 Å². The Morgan fingerprint density at radius 3 is 2.31 bits per heavy atom. The lowest BCUT2D eigenvalue weighted by Gasteiger charge is -2.29. The fourth-order valence-electron chi connectivity index (χ4n) is 4.08. The maximum Gasteiger partial charge on any atom is 0.295 e. The Morgan fingerprint density at radius 1 is 0.917 bits per heavy atom. The fraction of sp³-hybridized carbons (Fsp3) is 0.222. The highest BCUT2D eigenvalue weighted by Crippen LogP contribution is 2.45. The summed E-state index contributed by atoms with van der Waals surface area (Å²) in [7, 11) is 1.56. The van der Waals surface area contributed by atoms with Crippen molar-refractivity contribution in [2.75, 3.05) is 32.0 Å². The first-order valence-corrected chi connectivity index (χ1v) is 11.9. The first-order chi connectivity index (χ1) is 17.4. The van der Waals surface area contributed by atoms with Gasteiger partial charge in [-0.05, 0) is 35.9 Å². The van der Waals surface area contributed by atoms with E-state index in [4.69, 9.17) is 37.4 Å².